The van der Waals surface area contributed by atoms with Crippen LogP contribution in [0, 0.1) is 0 Å². The second-order valence-corrected chi connectivity index (χ2v) is 6.07. The highest BCUT2D eigenvalue weighted by atomic mass is 35.5. The Labute approximate surface area is 111 Å². The van der Waals surface area contributed by atoms with Gasteiger partial charge in [0.25, 0.3) is 0 Å². The van der Waals surface area contributed by atoms with E-state index in [-0.39, 0.29) is 12.6 Å². The number of hydrogen-bond acceptors (Lipinski definition) is 3. The smallest absolute Gasteiger partial charge is 0.0991 e. The predicted molar refractivity (Wildman–Crippen MR) is 71.7 cm³/mol. The molecule has 0 saturated heterocycles. The van der Waals surface area contributed by atoms with Gasteiger partial charge in [-0.3, -0.25) is 0 Å². The van der Waals surface area contributed by atoms with E-state index in [9.17, 15) is 0 Å². The Morgan fingerprint density at radius 1 is 1.50 bits per heavy atom. The van der Waals surface area contributed by atoms with E-state index < -0.39 is 0 Å². The fourth-order valence-corrected chi connectivity index (χ4v) is 3.30. The number of rotatable bonds is 6. The zero-order valence-corrected chi connectivity index (χ0v) is 11.8. The van der Waals surface area contributed by atoms with Gasteiger partial charge in [-0.25, -0.2) is 0 Å². The quantitative estimate of drug-likeness (QED) is 0.830. The van der Waals surface area contributed by atoms with E-state index in [0.717, 1.165) is 22.7 Å². The van der Waals surface area contributed by atoms with Crippen molar-refractivity contribution in [3.8, 4) is 0 Å². The second kappa shape index (κ2) is 6.82. The molecule has 0 aliphatic heterocycles. The number of aliphatic hydroxyl groups excluding tert-OH is 1. The van der Waals surface area contributed by atoms with Crippen LogP contribution in [-0.4, -0.2) is 17.8 Å². The van der Waals surface area contributed by atoms with Crippen molar-refractivity contribution in [2.75, 3.05) is 6.61 Å². The zero-order valence-electron chi connectivity index (χ0n) is 9.46. The molecule has 1 rings (SSSR count). The zero-order chi connectivity index (χ0) is 12.1. The fourth-order valence-electron chi connectivity index (χ4n) is 1.65. The van der Waals surface area contributed by atoms with E-state index in [2.05, 4.69) is 19.2 Å². The van der Waals surface area contributed by atoms with Crippen LogP contribution in [0.15, 0.2) is 6.07 Å². The Kier molecular flexibility index (Phi) is 6.08. The maximum Gasteiger partial charge on any atom is 0.0991 e. The average molecular weight is 282 g/mol. The normalized spacial score (nSPS) is 15.1. The first kappa shape index (κ1) is 14.3. The lowest BCUT2D eigenvalue weighted by Crippen LogP contribution is -2.31. The third-order valence-corrected chi connectivity index (χ3v) is 4.12. The van der Waals surface area contributed by atoms with Gasteiger partial charge in [-0.15, -0.1) is 11.3 Å². The first-order valence-corrected chi connectivity index (χ1v) is 6.97. The Bertz CT molecular complexity index is 330. The van der Waals surface area contributed by atoms with Gasteiger partial charge in [-0.2, -0.15) is 0 Å². The summed E-state index contributed by atoms with van der Waals surface area (Å²) in [4.78, 5) is 0. The minimum atomic E-state index is 0.160. The maximum atomic E-state index is 8.92. The fraction of sp³-hybridized carbons (Fsp3) is 0.636. The summed E-state index contributed by atoms with van der Waals surface area (Å²) in [5.41, 5.74) is 1.04. The highest BCUT2D eigenvalue weighted by Crippen LogP contribution is 2.35. The van der Waals surface area contributed by atoms with Crippen LogP contribution >= 0.6 is 34.5 Å². The van der Waals surface area contributed by atoms with E-state index in [4.69, 9.17) is 28.3 Å². The third kappa shape index (κ3) is 3.90. The minimum absolute atomic E-state index is 0.160. The van der Waals surface area contributed by atoms with Crippen molar-refractivity contribution in [3.63, 3.8) is 0 Å². The molecule has 0 spiro atoms. The minimum Gasteiger partial charge on any atom is -0.396 e. The molecular formula is C11H17Cl2NOS. The Hall–Kier alpha value is 0.200. The second-order valence-electron chi connectivity index (χ2n) is 3.79. The highest BCUT2D eigenvalue weighted by molar-refractivity contribution is 7.20. The van der Waals surface area contributed by atoms with Crippen molar-refractivity contribution in [1.82, 2.24) is 5.32 Å². The van der Waals surface area contributed by atoms with Crippen LogP contribution in [-0.2, 0) is 0 Å². The van der Waals surface area contributed by atoms with E-state index in [1.54, 1.807) is 0 Å². The monoisotopic (exact) mass is 281 g/mol. The molecule has 0 radical (unpaired) electrons. The van der Waals surface area contributed by atoms with Crippen molar-refractivity contribution in [3.05, 3.63) is 20.3 Å². The molecule has 0 aliphatic rings. The molecule has 2 unspecified atom stereocenters. The van der Waals surface area contributed by atoms with Crippen LogP contribution in [0.3, 0.4) is 0 Å². The van der Waals surface area contributed by atoms with Crippen molar-refractivity contribution in [2.45, 2.75) is 38.8 Å². The van der Waals surface area contributed by atoms with Gasteiger partial charge in [0.2, 0.25) is 0 Å². The van der Waals surface area contributed by atoms with Gasteiger partial charge in [0.15, 0.2) is 0 Å². The topological polar surface area (TPSA) is 32.3 Å². The predicted octanol–water partition coefficient (Wildman–Crippen LogP) is 3.87. The number of nitrogens with one attached hydrogen (secondary N) is 1. The Morgan fingerprint density at radius 2 is 2.19 bits per heavy atom. The van der Waals surface area contributed by atoms with Gasteiger partial charge in [0.1, 0.15) is 0 Å². The van der Waals surface area contributed by atoms with Gasteiger partial charge in [-0.05, 0) is 31.4 Å². The molecule has 1 aromatic heterocycles. The molecule has 0 bridgehead atoms. The largest absolute Gasteiger partial charge is 0.396 e. The summed E-state index contributed by atoms with van der Waals surface area (Å²) in [7, 11) is 0. The Morgan fingerprint density at radius 3 is 2.62 bits per heavy atom. The average Bonchev–Trinajstić information content (AvgIpc) is 2.57. The molecule has 0 amide bonds. The number of halogens is 2. The van der Waals surface area contributed by atoms with Crippen molar-refractivity contribution in [1.29, 1.82) is 0 Å². The number of hydrogen-bond donors (Lipinski definition) is 2. The van der Waals surface area contributed by atoms with Crippen LogP contribution in [0.25, 0.3) is 0 Å². The molecule has 0 aromatic carbocycles. The first-order valence-electron chi connectivity index (χ1n) is 5.40. The van der Waals surface area contributed by atoms with Crippen LogP contribution in [0.4, 0.5) is 0 Å². The van der Waals surface area contributed by atoms with Gasteiger partial charge in [0, 0.05) is 18.7 Å². The molecule has 0 aliphatic carbocycles. The number of thiophene rings is 1. The highest BCUT2D eigenvalue weighted by Gasteiger charge is 2.16. The molecule has 5 heteroatoms. The summed E-state index contributed by atoms with van der Waals surface area (Å²) in [5.74, 6) is 0. The van der Waals surface area contributed by atoms with Gasteiger partial charge < -0.3 is 10.4 Å². The summed E-state index contributed by atoms with van der Waals surface area (Å²) in [6.07, 6.45) is 1.75. The standard InChI is InChI=1S/C11H17Cl2NOS/c1-3-8(4-5-15)14-7(2)9-6-10(12)16-11(9)13/h6-8,14-15H,3-5H2,1-2H3. The molecular weight excluding hydrogens is 265 g/mol. The van der Waals surface area contributed by atoms with E-state index >= 15 is 0 Å². The maximum absolute atomic E-state index is 8.92. The van der Waals surface area contributed by atoms with E-state index in [1.165, 1.54) is 11.3 Å². The lowest BCUT2D eigenvalue weighted by molar-refractivity contribution is 0.257. The molecule has 92 valence electrons. The van der Waals surface area contributed by atoms with E-state index in [0.29, 0.717) is 10.4 Å². The molecule has 0 fully saturated rings. The third-order valence-electron chi connectivity index (χ3n) is 2.61. The summed E-state index contributed by atoms with van der Waals surface area (Å²) in [5, 5.41) is 12.4. The van der Waals surface area contributed by atoms with Crippen molar-refractivity contribution < 1.29 is 5.11 Å². The molecule has 2 N–H and O–H groups in total. The molecule has 2 nitrogen and oxygen atoms in total. The van der Waals surface area contributed by atoms with Crippen molar-refractivity contribution >= 4 is 34.5 Å². The Balaban J connectivity index is 2.63. The molecule has 16 heavy (non-hydrogen) atoms. The van der Waals surface area contributed by atoms with E-state index in [1.807, 2.05) is 6.07 Å². The lowest BCUT2D eigenvalue weighted by Gasteiger charge is -2.21. The molecule has 0 saturated carbocycles. The van der Waals surface area contributed by atoms with Gasteiger partial charge >= 0.3 is 0 Å². The number of aliphatic hydroxyl groups is 1. The summed E-state index contributed by atoms with van der Waals surface area (Å²) in [6.45, 7) is 4.36. The van der Waals surface area contributed by atoms with Gasteiger partial charge in [0.05, 0.1) is 8.67 Å². The lowest BCUT2D eigenvalue weighted by atomic mass is 10.1. The summed E-state index contributed by atoms with van der Waals surface area (Å²) in [6, 6.07) is 2.38. The summed E-state index contributed by atoms with van der Waals surface area (Å²) >= 11 is 13.4. The van der Waals surface area contributed by atoms with Crippen LogP contribution in [0.5, 0.6) is 0 Å². The van der Waals surface area contributed by atoms with Gasteiger partial charge in [-0.1, -0.05) is 30.1 Å². The van der Waals surface area contributed by atoms with Crippen LogP contribution < -0.4 is 5.32 Å². The van der Waals surface area contributed by atoms with Crippen LogP contribution in [0.2, 0.25) is 8.67 Å². The SMILES string of the molecule is CCC(CCO)NC(C)c1cc(Cl)sc1Cl. The summed E-state index contributed by atoms with van der Waals surface area (Å²) < 4.78 is 1.45. The van der Waals surface area contributed by atoms with Crippen molar-refractivity contribution in [2.24, 2.45) is 0 Å². The molecule has 1 aromatic rings. The molecule has 1 heterocycles. The first-order chi connectivity index (χ1) is 7.58. The molecule has 2 atom stereocenters. The van der Waals surface area contributed by atoms with Crippen LogP contribution in [0.1, 0.15) is 38.3 Å².